The highest BCUT2D eigenvalue weighted by molar-refractivity contribution is 7.80. The Balaban J connectivity index is 1.48. The molecule has 1 aliphatic rings. The number of aromatic carboxylic acids is 1. The molecule has 1 aliphatic heterocycles. The molecule has 0 atom stereocenters. The zero-order valence-corrected chi connectivity index (χ0v) is 21.9. The van der Waals surface area contributed by atoms with Crippen LogP contribution in [0.25, 0.3) is 10.9 Å². The number of anilines is 1. The fourth-order valence-electron chi connectivity index (χ4n) is 4.43. The number of carbonyl (C=O) groups excluding carboxylic acids is 1. The van der Waals surface area contributed by atoms with E-state index in [9.17, 15) is 19.5 Å². The number of pyridine rings is 1. The largest absolute Gasteiger partial charge is 0.493 e. The molecule has 3 aromatic rings. The molecular weight excluding hydrogens is 515 g/mol. The van der Waals surface area contributed by atoms with Crippen molar-refractivity contribution in [1.82, 2.24) is 14.8 Å². The van der Waals surface area contributed by atoms with E-state index in [-0.39, 0.29) is 10.5 Å². The molecule has 1 aromatic heterocycles. The summed E-state index contributed by atoms with van der Waals surface area (Å²) < 4.78 is 27.2. The van der Waals surface area contributed by atoms with Gasteiger partial charge < -0.3 is 28.9 Å². The second-order valence-corrected chi connectivity index (χ2v) is 8.97. The number of thiocarbonyl (C=S) groups is 1. The number of carbonyl (C=O) groups is 2. The van der Waals surface area contributed by atoms with E-state index in [1.807, 2.05) is 16.7 Å². The van der Waals surface area contributed by atoms with Crippen LogP contribution in [0.5, 0.6) is 11.5 Å². The summed E-state index contributed by atoms with van der Waals surface area (Å²) in [7, 11) is 2.99. The maximum Gasteiger partial charge on any atom is 0.341 e. The van der Waals surface area contributed by atoms with Crippen LogP contribution in [0.3, 0.4) is 0 Å². The van der Waals surface area contributed by atoms with Crippen LogP contribution in [-0.2, 0) is 6.54 Å². The molecule has 0 spiro atoms. The zero-order chi connectivity index (χ0) is 27.6. The Hall–Kier alpha value is -4.19. The van der Waals surface area contributed by atoms with Crippen molar-refractivity contribution in [1.29, 1.82) is 0 Å². The first-order valence-electron chi connectivity index (χ1n) is 11.9. The van der Waals surface area contributed by atoms with Gasteiger partial charge in [-0.05, 0) is 49.5 Å². The Morgan fingerprint density at radius 3 is 2.37 bits per heavy atom. The fourth-order valence-corrected chi connectivity index (χ4v) is 4.71. The van der Waals surface area contributed by atoms with Crippen LogP contribution in [0.2, 0.25) is 0 Å². The fraction of sp³-hybridized carbons (Fsp3) is 0.308. The quantitative estimate of drug-likeness (QED) is 0.454. The van der Waals surface area contributed by atoms with Crippen molar-refractivity contribution in [3.05, 3.63) is 63.7 Å². The lowest BCUT2D eigenvalue weighted by Crippen LogP contribution is -2.52. The summed E-state index contributed by atoms with van der Waals surface area (Å²) in [5.41, 5.74) is 0.00262. The summed E-state index contributed by atoms with van der Waals surface area (Å²) in [6.45, 7) is 3.91. The Morgan fingerprint density at radius 1 is 1.08 bits per heavy atom. The Bertz CT molecular complexity index is 1480. The van der Waals surface area contributed by atoms with Crippen LogP contribution < -0.4 is 25.1 Å². The monoisotopic (exact) mass is 542 g/mol. The molecule has 200 valence electrons. The molecule has 38 heavy (non-hydrogen) atoms. The van der Waals surface area contributed by atoms with E-state index in [1.165, 1.54) is 20.4 Å². The topological polar surface area (TPSA) is 113 Å². The summed E-state index contributed by atoms with van der Waals surface area (Å²) in [5, 5.41) is 12.3. The Kier molecular flexibility index (Phi) is 7.81. The first-order valence-corrected chi connectivity index (χ1v) is 12.3. The average Bonchev–Trinajstić information content (AvgIpc) is 2.92. The standard InChI is InChI=1S/C26H27FN4O6S/c1-4-29-14-17(25(34)35)23(32)16-12-18(27)20(13-19(16)29)30-7-9-31(10-8-30)26(38)28-24(33)15-5-6-21(36-2)22(11-15)37-3/h5-6,11-14H,4,7-10H2,1-3H3,(H,34,35)(H,28,33,38). The average molecular weight is 543 g/mol. The van der Waals surface area contributed by atoms with E-state index >= 15 is 4.39 Å². The van der Waals surface area contributed by atoms with Crippen molar-refractivity contribution in [3.63, 3.8) is 0 Å². The maximum absolute atomic E-state index is 15.1. The highest BCUT2D eigenvalue weighted by atomic mass is 32.1. The van der Waals surface area contributed by atoms with Crippen molar-refractivity contribution in [2.24, 2.45) is 0 Å². The third kappa shape index (κ3) is 5.12. The first-order chi connectivity index (χ1) is 18.2. The van der Waals surface area contributed by atoms with Crippen molar-refractivity contribution in [2.45, 2.75) is 13.5 Å². The van der Waals surface area contributed by atoms with Crippen molar-refractivity contribution in [2.75, 3.05) is 45.3 Å². The number of nitrogens with one attached hydrogen (secondary N) is 1. The number of benzene rings is 2. The second-order valence-electron chi connectivity index (χ2n) is 8.59. The van der Waals surface area contributed by atoms with E-state index in [2.05, 4.69) is 5.32 Å². The maximum atomic E-state index is 15.1. The number of methoxy groups -OCH3 is 2. The van der Waals surface area contributed by atoms with Gasteiger partial charge in [0.2, 0.25) is 5.43 Å². The number of aryl methyl sites for hydroxylation is 1. The van der Waals surface area contributed by atoms with E-state index < -0.39 is 28.7 Å². The number of hydrogen-bond donors (Lipinski definition) is 2. The number of aromatic nitrogens is 1. The number of fused-ring (bicyclic) bond motifs is 1. The van der Waals surface area contributed by atoms with Crippen molar-refractivity contribution >= 4 is 45.8 Å². The number of ether oxygens (including phenoxy) is 2. The summed E-state index contributed by atoms with van der Waals surface area (Å²) >= 11 is 5.44. The molecule has 0 saturated carbocycles. The minimum absolute atomic E-state index is 0.0192. The highest BCUT2D eigenvalue weighted by Gasteiger charge is 2.24. The molecule has 10 nitrogen and oxygen atoms in total. The van der Waals surface area contributed by atoms with Gasteiger partial charge in [-0.15, -0.1) is 0 Å². The van der Waals surface area contributed by atoms with Gasteiger partial charge in [0.05, 0.1) is 25.4 Å². The van der Waals surface area contributed by atoms with E-state index in [0.717, 1.165) is 6.07 Å². The van der Waals surface area contributed by atoms with Crippen molar-refractivity contribution in [3.8, 4) is 11.5 Å². The Labute approximate surface area is 223 Å². The van der Waals surface area contributed by atoms with Gasteiger partial charge in [-0.3, -0.25) is 14.9 Å². The molecule has 0 aliphatic carbocycles. The minimum atomic E-state index is -1.35. The van der Waals surface area contributed by atoms with Crippen molar-refractivity contribution < 1.29 is 28.6 Å². The molecule has 4 rings (SSSR count). The molecule has 0 unspecified atom stereocenters. The van der Waals surface area contributed by atoms with E-state index in [0.29, 0.717) is 61.0 Å². The van der Waals surface area contributed by atoms with E-state index in [4.69, 9.17) is 21.7 Å². The predicted octanol–water partition coefficient (Wildman–Crippen LogP) is 2.71. The van der Waals surface area contributed by atoms with Gasteiger partial charge in [0, 0.05) is 49.9 Å². The third-order valence-electron chi connectivity index (χ3n) is 6.49. The SMILES string of the molecule is CCn1cc(C(=O)O)c(=O)c2cc(F)c(N3CCN(C(=S)NC(=O)c4ccc(OC)c(OC)c4)CC3)cc21. The van der Waals surface area contributed by atoms with Crippen LogP contribution in [-0.4, -0.2) is 72.0 Å². The molecule has 2 heterocycles. The van der Waals surface area contributed by atoms with Crippen LogP contribution in [0.1, 0.15) is 27.6 Å². The molecule has 2 N–H and O–H groups in total. The van der Waals surface area contributed by atoms with Crippen LogP contribution in [0.4, 0.5) is 10.1 Å². The number of amides is 1. The molecule has 0 radical (unpaired) electrons. The summed E-state index contributed by atoms with van der Waals surface area (Å²) in [4.78, 5) is 40.4. The number of carboxylic acids is 1. The lowest BCUT2D eigenvalue weighted by molar-refractivity contribution is 0.0694. The number of carboxylic acid groups (broad SMARTS) is 1. The van der Waals surface area contributed by atoms with E-state index in [1.54, 1.807) is 28.8 Å². The van der Waals surface area contributed by atoms with Gasteiger partial charge in [-0.1, -0.05) is 0 Å². The van der Waals surface area contributed by atoms with Gasteiger partial charge in [0.25, 0.3) is 5.91 Å². The smallest absolute Gasteiger partial charge is 0.341 e. The highest BCUT2D eigenvalue weighted by Crippen LogP contribution is 2.28. The molecular formula is C26H27FN4O6S. The predicted molar refractivity (Wildman–Crippen MR) is 144 cm³/mol. The minimum Gasteiger partial charge on any atom is -0.493 e. The molecule has 1 amide bonds. The summed E-state index contributed by atoms with van der Waals surface area (Å²) in [5.74, 6) is -1.43. The molecule has 0 bridgehead atoms. The number of piperazine rings is 1. The first kappa shape index (κ1) is 26.9. The molecule has 2 aromatic carbocycles. The van der Waals surface area contributed by atoms with Gasteiger partial charge in [0.15, 0.2) is 16.6 Å². The molecule has 12 heteroatoms. The normalized spacial score (nSPS) is 13.4. The number of halogens is 1. The van der Waals surface area contributed by atoms with Crippen LogP contribution in [0.15, 0.2) is 41.3 Å². The van der Waals surface area contributed by atoms with Gasteiger partial charge in [0.1, 0.15) is 11.4 Å². The molecule has 1 fully saturated rings. The summed E-state index contributed by atoms with van der Waals surface area (Å²) in [6.07, 6.45) is 1.28. The number of hydrogen-bond acceptors (Lipinski definition) is 7. The number of rotatable bonds is 6. The lowest BCUT2D eigenvalue weighted by atomic mass is 10.1. The van der Waals surface area contributed by atoms with Gasteiger partial charge >= 0.3 is 5.97 Å². The Morgan fingerprint density at radius 2 is 1.76 bits per heavy atom. The van der Waals surface area contributed by atoms with Gasteiger partial charge in [-0.25, -0.2) is 9.18 Å². The van der Waals surface area contributed by atoms with Crippen LogP contribution >= 0.6 is 12.2 Å². The van der Waals surface area contributed by atoms with Crippen LogP contribution in [0, 0.1) is 5.82 Å². The second kappa shape index (κ2) is 11.1. The summed E-state index contributed by atoms with van der Waals surface area (Å²) in [6, 6.07) is 7.48. The molecule has 1 saturated heterocycles. The third-order valence-corrected chi connectivity index (χ3v) is 6.85. The van der Waals surface area contributed by atoms with Gasteiger partial charge in [-0.2, -0.15) is 0 Å². The number of nitrogens with zero attached hydrogens (tertiary/aromatic N) is 3. The lowest BCUT2D eigenvalue weighted by Gasteiger charge is -2.37. The zero-order valence-electron chi connectivity index (χ0n) is 21.1.